The fourth-order valence-corrected chi connectivity index (χ4v) is 2.19. The van der Waals surface area contributed by atoms with Crippen molar-refractivity contribution in [1.82, 2.24) is 4.90 Å². The van der Waals surface area contributed by atoms with Crippen LogP contribution in [0.5, 0.6) is 0 Å². The van der Waals surface area contributed by atoms with E-state index in [9.17, 15) is 4.79 Å². The van der Waals surface area contributed by atoms with E-state index in [1.165, 1.54) is 0 Å². The summed E-state index contributed by atoms with van der Waals surface area (Å²) < 4.78 is 5.51. The minimum absolute atomic E-state index is 0.00296. The Balaban J connectivity index is 2.49. The lowest BCUT2D eigenvalue weighted by atomic mass is 10.0. The third-order valence-corrected chi connectivity index (χ3v) is 3.10. The highest BCUT2D eigenvalue weighted by molar-refractivity contribution is 5.78. The van der Waals surface area contributed by atoms with Crippen LogP contribution in [0.4, 0.5) is 0 Å². The van der Waals surface area contributed by atoms with Crippen molar-refractivity contribution in [3.63, 3.8) is 0 Å². The molecule has 1 aliphatic heterocycles. The molecule has 1 amide bonds. The molecule has 1 aliphatic rings. The molecule has 3 N–H and O–H groups in total. The maximum atomic E-state index is 12.2. The lowest BCUT2D eigenvalue weighted by Gasteiger charge is -2.37. The number of hydrogen-bond donors (Lipinski definition) is 2. The molecule has 3 unspecified atom stereocenters. The molecule has 0 aliphatic carbocycles. The average molecular weight is 244 g/mol. The van der Waals surface area contributed by atoms with E-state index in [-0.39, 0.29) is 30.6 Å². The lowest BCUT2D eigenvalue weighted by molar-refractivity contribution is -0.150. The van der Waals surface area contributed by atoms with Gasteiger partial charge in [0.25, 0.3) is 0 Å². The highest BCUT2D eigenvalue weighted by Crippen LogP contribution is 2.16. The largest absolute Gasteiger partial charge is 0.394 e. The topological polar surface area (TPSA) is 75.8 Å². The van der Waals surface area contributed by atoms with Crippen LogP contribution >= 0.6 is 0 Å². The van der Waals surface area contributed by atoms with Crippen LogP contribution in [0.3, 0.4) is 0 Å². The van der Waals surface area contributed by atoms with E-state index in [4.69, 9.17) is 15.6 Å². The van der Waals surface area contributed by atoms with Gasteiger partial charge in [-0.05, 0) is 26.3 Å². The first kappa shape index (κ1) is 14.4. The molecule has 1 fully saturated rings. The molecule has 0 aromatic carbocycles. The molecule has 3 atom stereocenters. The summed E-state index contributed by atoms with van der Waals surface area (Å²) in [6.07, 6.45) is 1.44. The summed E-state index contributed by atoms with van der Waals surface area (Å²) in [6, 6.07) is 0. The third kappa shape index (κ3) is 4.26. The summed E-state index contributed by atoms with van der Waals surface area (Å²) in [4.78, 5) is 14.0. The predicted molar refractivity (Wildman–Crippen MR) is 65.5 cm³/mol. The van der Waals surface area contributed by atoms with Crippen LogP contribution in [-0.4, -0.2) is 54.4 Å². The Labute approximate surface area is 103 Å². The fraction of sp³-hybridized carbons (Fsp3) is 0.917. The van der Waals surface area contributed by atoms with Crippen LogP contribution in [0.1, 0.15) is 26.7 Å². The number of ether oxygens (including phenoxy) is 1. The summed E-state index contributed by atoms with van der Waals surface area (Å²) in [6.45, 7) is 5.55. The van der Waals surface area contributed by atoms with E-state index < -0.39 is 0 Å². The molecule has 5 heteroatoms. The highest BCUT2D eigenvalue weighted by atomic mass is 16.5. The van der Waals surface area contributed by atoms with E-state index in [2.05, 4.69) is 0 Å². The summed E-state index contributed by atoms with van der Waals surface area (Å²) in [5.41, 5.74) is 5.44. The molecule has 1 saturated heterocycles. The van der Waals surface area contributed by atoms with Crippen LogP contribution < -0.4 is 5.73 Å². The van der Waals surface area contributed by atoms with E-state index in [1.54, 1.807) is 4.90 Å². The summed E-state index contributed by atoms with van der Waals surface area (Å²) in [5, 5.41) is 9.11. The minimum Gasteiger partial charge on any atom is -0.394 e. The Morgan fingerprint density at radius 3 is 2.88 bits per heavy atom. The number of rotatable bonds is 5. The fourth-order valence-electron chi connectivity index (χ4n) is 2.19. The molecule has 0 spiro atoms. The van der Waals surface area contributed by atoms with Crippen molar-refractivity contribution in [1.29, 1.82) is 0 Å². The van der Waals surface area contributed by atoms with Crippen molar-refractivity contribution < 1.29 is 14.6 Å². The van der Waals surface area contributed by atoms with Crippen LogP contribution in [-0.2, 0) is 9.53 Å². The Kier molecular flexibility index (Phi) is 5.88. The van der Waals surface area contributed by atoms with Crippen molar-refractivity contribution in [2.24, 2.45) is 11.7 Å². The second kappa shape index (κ2) is 6.93. The van der Waals surface area contributed by atoms with Crippen molar-refractivity contribution in [3.05, 3.63) is 0 Å². The average Bonchev–Trinajstić information content (AvgIpc) is 2.34. The molecule has 5 nitrogen and oxygen atoms in total. The number of nitrogens with two attached hydrogens (primary N) is 1. The number of hydrogen-bond acceptors (Lipinski definition) is 4. The Bertz CT molecular complexity index is 248. The standard InChI is InChI=1S/C12H24N2O3/c1-9(4-3-5-13)12(16)14-6-10(2)17-11(7-14)8-15/h9-11,15H,3-8,13H2,1-2H3. The van der Waals surface area contributed by atoms with Gasteiger partial charge < -0.3 is 20.5 Å². The van der Waals surface area contributed by atoms with Crippen LogP contribution in [0.15, 0.2) is 0 Å². The highest BCUT2D eigenvalue weighted by Gasteiger charge is 2.29. The van der Waals surface area contributed by atoms with Gasteiger partial charge in [0, 0.05) is 19.0 Å². The van der Waals surface area contributed by atoms with Crippen LogP contribution in [0.25, 0.3) is 0 Å². The number of nitrogens with zero attached hydrogens (tertiary/aromatic N) is 1. The molecular formula is C12H24N2O3. The van der Waals surface area contributed by atoms with Crippen molar-refractivity contribution >= 4 is 5.91 Å². The number of carbonyl (C=O) groups is 1. The van der Waals surface area contributed by atoms with Crippen molar-refractivity contribution in [2.75, 3.05) is 26.2 Å². The van der Waals surface area contributed by atoms with Crippen molar-refractivity contribution in [3.8, 4) is 0 Å². The smallest absolute Gasteiger partial charge is 0.225 e. The van der Waals surface area contributed by atoms with E-state index in [1.807, 2.05) is 13.8 Å². The molecule has 1 heterocycles. The van der Waals surface area contributed by atoms with Gasteiger partial charge in [-0.2, -0.15) is 0 Å². The van der Waals surface area contributed by atoms with Crippen LogP contribution in [0, 0.1) is 5.92 Å². The second-order valence-corrected chi connectivity index (χ2v) is 4.83. The number of aliphatic hydroxyl groups excluding tert-OH is 1. The first-order chi connectivity index (χ1) is 8.08. The second-order valence-electron chi connectivity index (χ2n) is 4.83. The summed E-state index contributed by atoms with van der Waals surface area (Å²) in [5.74, 6) is 0.148. The maximum absolute atomic E-state index is 12.2. The molecular weight excluding hydrogens is 220 g/mol. The van der Waals surface area contributed by atoms with E-state index in [0.717, 1.165) is 12.8 Å². The zero-order valence-electron chi connectivity index (χ0n) is 10.8. The number of aliphatic hydroxyl groups is 1. The van der Waals surface area contributed by atoms with E-state index >= 15 is 0 Å². The molecule has 0 saturated carbocycles. The lowest BCUT2D eigenvalue weighted by Crippen LogP contribution is -2.51. The molecule has 0 aromatic rings. The van der Waals surface area contributed by atoms with Gasteiger partial charge in [0.15, 0.2) is 0 Å². The number of morpholine rings is 1. The summed E-state index contributed by atoms with van der Waals surface area (Å²) >= 11 is 0. The van der Waals surface area contributed by atoms with E-state index in [0.29, 0.717) is 19.6 Å². The van der Waals surface area contributed by atoms with Gasteiger partial charge in [-0.1, -0.05) is 6.92 Å². The Hall–Kier alpha value is -0.650. The first-order valence-corrected chi connectivity index (χ1v) is 6.33. The van der Waals surface area contributed by atoms with Gasteiger partial charge >= 0.3 is 0 Å². The molecule has 1 rings (SSSR count). The Morgan fingerprint density at radius 1 is 1.59 bits per heavy atom. The van der Waals surface area contributed by atoms with Crippen molar-refractivity contribution in [2.45, 2.75) is 38.9 Å². The molecule has 0 aromatic heterocycles. The van der Waals surface area contributed by atoms with Gasteiger partial charge in [-0.3, -0.25) is 4.79 Å². The Morgan fingerprint density at radius 2 is 2.29 bits per heavy atom. The minimum atomic E-state index is -0.246. The maximum Gasteiger partial charge on any atom is 0.225 e. The molecule has 100 valence electrons. The monoisotopic (exact) mass is 244 g/mol. The van der Waals surface area contributed by atoms with Gasteiger partial charge in [-0.15, -0.1) is 0 Å². The van der Waals surface area contributed by atoms with Gasteiger partial charge in [0.05, 0.1) is 18.8 Å². The number of amides is 1. The van der Waals surface area contributed by atoms with Gasteiger partial charge in [0.2, 0.25) is 5.91 Å². The van der Waals surface area contributed by atoms with Gasteiger partial charge in [-0.25, -0.2) is 0 Å². The third-order valence-electron chi connectivity index (χ3n) is 3.10. The SMILES string of the molecule is CC1CN(C(=O)C(C)CCCN)CC(CO)O1. The number of carbonyl (C=O) groups excluding carboxylic acids is 1. The first-order valence-electron chi connectivity index (χ1n) is 6.33. The molecule has 0 bridgehead atoms. The zero-order chi connectivity index (χ0) is 12.8. The predicted octanol–water partition coefficient (Wildman–Crippen LogP) is -0.0304. The summed E-state index contributed by atoms with van der Waals surface area (Å²) in [7, 11) is 0. The normalized spacial score (nSPS) is 26.9. The van der Waals surface area contributed by atoms with Crippen LogP contribution in [0.2, 0.25) is 0 Å². The quantitative estimate of drug-likeness (QED) is 0.712. The molecule has 0 radical (unpaired) electrons. The zero-order valence-corrected chi connectivity index (χ0v) is 10.8. The van der Waals surface area contributed by atoms with Gasteiger partial charge in [0.1, 0.15) is 0 Å². The molecule has 17 heavy (non-hydrogen) atoms.